The van der Waals surface area contributed by atoms with Crippen molar-refractivity contribution in [1.29, 1.82) is 0 Å². The van der Waals surface area contributed by atoms with E-state index in [4.69, 9.17) is 26.3 Å². The topological polar surface area (TPSA) is 107 Å². The highest BCUT2D eigenvalue weighted by Gasteiger charge is 2.30. The highest BCUT2D eigenvalue weighted by atomic mass is 35.5. The van der Waals surface area contributed by atoms with Gasteiger partial charge in [-0.25, -0.2) is 9.97 Å². The Balaban J connectivity index is 1.31. The van der Waals surface area contributed by atoms with Crippen LogP contribution in [0.2, 0.25) is 5.15 Å². The first-order valence-electron chi connectivity index (χ1n) is 18.6. The molecule has 0 radical (unpaired) electrons. The lowest BCUT2D eigenvalue weighted by atomic mass is 9.92. The number of benzene rings is 3. The molecule has 10 heteroatoms. The molecule has 0 fully saturated rings. The number of halogens is 1. The van der Waals surface area contributed by atoms with E-state index in [1.807, 2.05) is 30.6 Å². The highest BCUT2D eigenvalue weighted by molar-refractivity contribution is 6.32. The van der Waals surface area contributed by atoms with Gasteiger partial charge in [0, 0.05) is 41.4 Å². The Hall–Kier alpha value is -4.37. The third-order valence-electron chi connectivity index (χ3n) is 10.6. The molecule has 3 aromatic carbocycles. The number of rotatable bonds is 13. The van der Waals surface area contributed by atoms with Crippen LogP contribution in [0.5, 0.6) is 5.75 Å². The monoisotopic (exact) mass is 710 g/mol. The molecule has 270 valence electrons. The Morgan fingerprint density at radius 2 is 1.43 bits per heavy atom. The van der Waals surface area contributed by atoms with Gasteiger partial charge in [0.25, 0.3) is 0 Å². The standard InChI is InChI=1S/C41H51ClN6O3/c1-9-13-35(49)47(23(5)11-3)25(7)40-43-33-18-16-27-20-32-30-17-15-28(19-29(30)22-51-34(32)21-31(27)38(33)45-40)37-39(42)46-41(44-37)26(8)48(24(6)12-4)36(50)14-10-2/h15-21,23-26H,9-14,22H2,1-8H3,(H,43,45)(H,44,46)/t23-,24-,25-,26-/m0/s1. The van der Waals surface area contributed by atoms with Gasteiger partial charge in [-0.3, -0.25) is 9.59 Å². The van der Waals surface area contributed by atoms with Gasteiger partial charge in [0.2, 0.25) is 11.8 Å². The van der Waals surface area contributed by atoms with Crippen LogP contribution in [0, 0.1) is 0 Å². The molecule has 0 unspecified atom stereocenters. The molecule has 0 aliphatic carbocycles. The fraction of sp³-hybridized carbons (Fsp3) is 0.463. The number of nitrogens with zero attached hydrogens (tertiary/aromatic N) is 4. The van der Waals surface area contributed by atoms with E-state index in [9.17, 15) is 9.59 Å². The van der Waals surface area contributed by atoms with Crippen LogP contribution < -0.4 is 4.74 Å². The Kier molecular flexibility index (Phi) is 10.8. The van der Waals surface area contributed by atoms with E-state index in [2.05, 4.69) is 87.1 Å². The molecular weight excluding hydrogens is 660 g/mol. The van der Waals surface area contributed by atoms with Crippen LogP contribution in [0.15, 0.2) is 42.5 Å². The molecule has 2 N–H and O–H groups in total. The summed E-state index contributed by atoms with van der Waals surface area (Å²) in [6.45, 7) is 16.9. The minimum Gasteiger partial charge on any atom is -0.488 e. The second kappa shape index (κ2) is 15.1. The van der Waals surface area contributed by atoms with E-state index in [1.54, 1.807) is 0 Å². The number of hydrogen-bond acceptors (Lipinski definition) is 5. The van der Waals surface area contributed by atoms with Gasteiger partial charge in [-0.15, -0.1) is 0 Å². The molecule has 2 aromatic heterocycles. The van der Waals surface area contributed by atoms with E-state index in [0.29, 0.717) is 36.1 Å². The largest absolute Gasteiger partial charge is 0.488 e. The summed E-state index contributed by atoms with van der Waals surface area (Å²) in [4.78, 5) is 46.9. The second-order valence-electron chi connectivity index (χ2n) is 14.1. The van der Waals surface area contributed by atoms with E-state index in [-0.39, 0.29) is 36.0 Å². The zero-order valence-corrected chi connectivity index (χ0v) is 31.9. The number of carbonyl (C=O) groups excluding carboxylic acids is 2. The first-order valence-corrected chi connectivity index (χ1v) is 19.0. The molecular formula is C41H51ClN6O3. The molecule has 0 saturated heterocycles. The molecule has 51 heavy (non-hydrogen) atoms. The number of nitrogens with one attached hydrogen (secondary N) is 2. The molecule has 0 bridgehead atoms. The maximum atomic E-state index is 13.1. The molecule has 1 aliphatic rings. The van der Waals surface area contributed by atoms with Gasteiger partial charge in [-0.2, -0.15) is 0 Å². The van der Waals surface area contributed by atoms with Crippen LogP contribution in [0.1, 0.15) is 123 Å². The lowest BCUT2D eigenvalue weighted by molar-refractivity contribution is -0.136. The number of amides is 2. The summed E-state index contributed by atoms with van der Waals surface area (Å²) >= 11 is 6.77. The van der Waals surface area contributed by atoms with Crippen LogP contribution in [-0.2, 0) is 16.2 Å². The highest BCUT2D eigenvalue weighted by Crippen LogP contribution is 2.43. The van der Waals surface area contributed by atoms with Crippen molar-refractivity contribution in [3.8, 4) is 28.1 Å². The number of ether oxygens (including phenoxy) is 1. The van der Waals surface area contributed by atoms with Crippen molar-refractivity contribution in [2.75, 3.05) is 0 Å². The first-order chi connectivity index (χ1) is 24.5. The van der Waals surface area contributed by atoms with E-state index in [0.717, 1.165) is 81.3 Å². The van der Waals surface area contributed by atoms with Gasteiger partial charge in [-0.05, 0) is 94.2 Å². The average Bonchev–Trinajstić information content (AvgIpc) is 3.75. The van der Waals surface area contributed by atoms with Crippen molar-refractivity contribution < 1.29 is 14.3 Å². The smallest absolute Gasteiger partial charge is 0.223 e. The summed E-state index contributed by atoms with van der Waals surface area (Å²) in [5.41, 5.74) is 6.52. The van der Waals surface area contributed by atoms with Gasteiger partial charge in [-0.1, -0.05) is 57.5 Å². The number of hydrogen-bond donors (Lipinski definition) is 2. The predicted octanol–water partition coefficient (Wildman–Crippen LogP) is 10.3. The molecule has 0 spiro atoms. The number of imidazole rings is 2. The number of fused-ring (bicyclic) bond motifs is 6. The summed E-state index contributed by atoms with van der Waals surface area (Å²) in [7, 11) is 0. The van der Waals surface area contributed by atoms with Crippen molar-refractivity contribution in [2.45, 2.75) is 125 Å². The first kappa shape index (κ1) is 36.4. The van der Waals surface area contributed by atoms with Crippen molar-refractivity contribution in [3.63, 3.8) is 0 Å². The molecule has 5 aromatic rings. The fourth-order valence-electron chi connectivity index (χ4n) is 7.44. The van der Waals surface area contributed by atoms with Crippen LogP contribution in [0.25, 0.3) is 44.2 Å². The maximum Gasteiger partial charge on any atom is 0.223 e. The zero-order chi connectivity index (χ0) is 36.6. The molecule has 4 atom stereocenters. The molecule has 3 heterocycles. The second-order valence-corrected chi connectivity index (χ2v) is 14.4. The van der Waals surface area contributed by atoms with Crippen molar-refractivity contribution in [1.82, 2.24) is 29.7 Å². The van der Waals surface area contributed by atoms with E-state index < -0.39 is 0 Å². The third-order valence-corrected chi connectivity index (χ3v) is 10.9. The van der Waals surface area contributed by atoms with Crippen molar-refractivity contribution >= 4 is 45.2 Å². The lowest BCUT2D eigenvalue weighted by Gasteiger charge is -2.33. The fourth-order valence-corrected chi connectivity index (χ4v) is 7.69. The average molecular weight is 711 g/mol. The summed E-state index contributed by atoms with van der Waals surface area (Å²) in [5, 5.41) is 2.52. The molecule has 0 saturated carbocycles. The predicted molar refractivity (Wildman–Crippen MR) is 206 cm³/mol. The Bertz CT molecular complexity index is 2070. The van der Waals surface area contributed by atoms with E-state index in [1.165, 1.54) is 0 Å². The Morgan fingerprint density at radius 3 is 2.04 bits per heavy atom. The summed E-state index contributed by atoms with van der Waals surface area (Å²) in [5.74, 6) is 2.55. The zero-order valence-electron chi connectivity index (χ0n) is 31.2. The Morgan fingerprint density at radius 1 is 0.804 bits per heavy atom. The van der Waals surface area contributed by atoms with Gasteiger partial charge in [0.05, 0.1) is 23.1 Å². The van der Waals surface area contributed by atoms with Gasteiger partial charge in [0.15, 0.2) is 0 Å². The summed E-state index contributed by atoms with van der Waals surface area (Å²) in [6.07, 6.45) is 4.37. The quantitative estimate of drug-likeness (QED) is 0.126. The van der Waals surface area contributed by atoms with Crippen LogP contribution in [0.3, 0.4) is 0 Å². The van der Waals surface area contributed by atoms with Crippen LogP contribution in [0.4, 0.5) is 0 Å². The SMILES string of the molecule is CCCC(=O)N([C@@H](C)CC)[C@@H](C)c1nc(-c2ccc3c(c2)COc2cc4c(ccc5[nH]c([C@H](C)N(C(=O)CCC)[C@@H](C)CC)nc54)cc2-3)c(Cl)[nH]1. The van der Waals surface area contributed by atoms with Crippen molar-refractivity contribution in [3.05, 3.63) is 64.8 Å². The van der Waals surface area contributed by atoms with Gasteiger partial charge < -0.3 is 24.5 Å². The van der Waals surface area contributed by atoms with Crippen LogP contribution in [-0.4, -0.2) is 53.6 Å². The molecule has 9 nitrogen and oxygen atoms in total. The summed E-state index contributed by atoms with van der Waals surface area (Å²) in [6, 6.07) is 14.5. The number of aromatic amines is 2. The van der Waals surface area contributed by atoms with Crippen molar-refractivity contribution in [2.24, 2.45) is 0 Å². The summed E-state index contributed by atoms with van der Waals surface area (Å²) < 4.78 is 6.39. The molecule has 2 amide bonds. The normalized spacial score (nSPS) is 14.8. The molecule has 1 aliphatic heterocycles. The number of H-pyrrole nitrogens is 2. The number of aromatic nitrogens is 4. The Labute approximate surface area is 306 Å². The lowest BCUT2D eigenvalue weighted by Crippen LogP contribution is -2.40. The minimum atomic E-state index is -0.242. The number of carbonyl (C=O) groups is 2. The third kappa shape index (κ3) is 6.85. The van der Waals surface area contributed by atoms with Gasteiger partial charge in [0.1, 0.15) is 34.9 Å². The van der Waals surface area contributed by atoms with Gasteiger partial charge >= 0.3 is 0 Å². The van der Waals surface area contributed by atoms with Crippen LogP contribution >= 0.6 is 11.6 Å². The minimum absolute atomic E-state index is 0.0827. The van der Waals surface area contributed by atoms with E-state index >= 15 is 0 Å². The maximum absolute atomic E-state index is 13.1. The molecule has 6 rings (SSSR count).